The molecule has 0 aromatic heterocycles. The number of esters is 1. The molecule has 1 amide bonds. The molecule has 1 rings (SSSR count). The van der Waals surface area contributed by atoms with Gasteiger partial charge in [-0.2, -0.15) is 0 Å². The van der Waals surface area contributed by atoms with Gasteiger partial charge < -0.3 is 10.5 Å². The molecule has 0 bridgehead atoms. The Hall–Kier alpha value is -1.10. The maximum absolute atomic E-state index is 11.2. The van der Waals surface area contributed by atoms with Gasteiger partial charge in [0, 0.05) is 5.92 Å². The summed E-state index contributed by atoms with van der Waals surface area (Å²) in [6.45, 7) is 4.01. The Morgan fingerprint density at radius 2 is 2.00 bits per heavy atom. The van der Waals surface area contributed by atoms with Crippen LogP contribution in [0.2, 0.25) is 0 Å². The number of nitrogens with zero attached hydrogens (tertiary/aromatic N) is 1. The molecule has 86 valence electrons. The lowest BCUT2D eigenvalue weighted by Gasteiger charge is -2.29. The summed E-state index contributed by atoms with van der Waals surface area (Å²) in [4.78, 5) is 24.1. The van der Waals surface area contributed by atoms with Crippen LogP contribution in [0.25, 0.3) is 0 Å². The van der Waals surface area contributed by atoms with Crippen LogP contribution in [0.5, 0.6) is 0 Å². The van der Waals surface area contributed by atoms with Crippen LogP contribution < -0.4 is 5.73 Å². The van der Waals surface area contributed by atoms with Crippen molar-refractivity contribution in [2.75, 3.05) is 26.2 Å². The van der Waals surface area contributed by atoms with Crippen LogP contribution in [0.4, 0.5) is 0 Å². The number of amides is 1. The van der Waals surface area contributed by atoms with E-state index in [1.165, 1.54) is 0 Å². The van der Waals surface area contributed by atoms with E-state index in [0.29, 0.717) is 13.2 Å². The van der Waals surface area contributed by atoms with Gasteiger partial charge in [-0.15, -0.1) is 0 Å². The first-order valence-electron chi connectivity index (χ1n) is 5.30. The van der Waals surface area contributed by atoms with Crippen LogP contribution in [-0.2, 0) is 14.3 Å². The average Bonchev–Trinajstić information content (AvgIpc) is 2.18. The van der Waals surface area contributed by atoms with Gasteiger partial charge in [0.25, 0.3) is 0 Å². The molecule has 0 radical (unpaired) electrons. The summed E-state index contributed by atoms with van der Waals surface area (Å²) < 4.78 is 4.85. The molecule has 5 nitrogen and oxygen atoms in total. The molecule has 1 aliphatic heterocycles. The van der Waals surface area contributed by atoms with E-state index >= 15 is 0 Å². The number of hydrogen-bond acceptors (Lipinski definition) is 4. The van der Waals surface area contributed by atoms with Crippen molar-refractivity contribution in [1.29, 1.82) is 0 Å². The second kappa shape index (κ2) is 5.70. The molecule has 0 saturated carbocycles. The Labute approximate surface area is 89.6 Å². The van der Waals surface area contributed by atoms with Gasteiger partial charge in [-0.1, -0.05) is 0 Å². The van der Waals surface area contributed by atoms with Crippen molar-refractivity contribution in [2.24, 2.45) is 11.7 Å². The summed E-state index contributed by atoms with van der Waals surface area (Å²) in [5, 5.41) is 0. The van der Waals surface area contributed by atoms with Gasteiger partial charge in [-0.05, 0) is 32.9 Å². The van der Waals surface area contributed by atoms with Crippen molar-refractivity contribution >= 4 is 11.9 Å². The predicted octanol–water partition coefficient (Wildman–Crippen LogP) is -0.253. The summed E-state index contributed by atoms with van der Waals surface area (Å²) in [7, 11) is 0. The molecule has 1 heterocycles. The topological polar surface area (TPSA) is 72.6 Å². The number of piperidine rings is 1. The summed E-state index contributed by atoms with van der Waals surface area (Å²) in [6.07, 6.45) is 1.49. The van der Waals surface area contributed by atoms with Gasteiger partial charge >= 0.3 is 5.97 Å². The average molecular weight is 214 g/mol. The van der Waals surface area contributed by atoms with Crippen LogP contribution in [0.1, 0.15) is 19.8 Å². The molecule has 1 aliphatic rings. The summed E-state index contributed by atoms with van der Waals surface area (Å²) in [5.74, 6) is -0.454. The fraction of sp³-hybridized carbons (Fsp3) is 0.800. The van der Waals surface area contributed by atoms with Gasteiger partial charge in [0.1, 0.15) is 0 Å². The summed E-state index contributed by atoms with van der Waals surface area (Å²) in [6, 6.07) is 0. The van der Waals surface area contributed by atoms with Gasteiger partial charge in [0.15, 0.2) is 0 Å². The normalized spacial score (nSPS) is 18.7. The van der Waals surface area contributed by atoms with E-state index in [4.69, 9.17) is 10.5 Å². The molecule has 15 heavy (non-hydrogen) atoms. The van der Waals surface area contributed by atoms with E-state index < -0.39 is 0 Å². The lowest BCUT2D eigenvalue weighted by Crippen LogP contribution is -2.41. The molecular weight excluding hydrogens is 196 g/mol. The fourth-order valence-electron chi connectivity index (χ4n) is 1.76. The Balaban J connectivity index is 2.25. The highest BCUT2D eigenvalue weighted by Gasteiger charge is 2.24. The Bertz CT molecular complexity index is 235. The maximum atomic E-state index is 11.2. The molecule has 2 N–H and O–H groups in total. The first-order chi connectivity index (χ1) is 7.13. The Kier molecular flexibility index (Phi) is 4.55. The number of carbonyl (C=O) groups is 2. The highest BCUT2D eigenvalue weighted by atomic mass is 16.5. The first-order valence-corrected chi connectivity index (χ1v) is 5.30. The summed E-state index contributed by atoms with van der Waals surface area (Å²) in [5.41, 5.74) is 5.21. The minimum Gasteiger partial charge on any atom is -0.465 e. The van der Waals surface area contributed by atoms with Gasteiger partial charge in [-0.25, -0.2) is 0 Å². The zero-order valence-corrected chi connectivity index (χ0v) is 9.07. The second-order valence-electron chi connectivity index (χ2n) is 3.76. The number of hydrogen-bond donors (Lipinski definition) is 1. The quantitative estimate of drug-likeness (QED) is 0.655. The van der Waals surface area contributed by atoms with E-state index in [2.05, 4.69) is 0 Å². The predicted molar refractivity (Wildman–Crippen MR) is 55.0 cm³/mol. The molecule has 0 aromatic rings. The van der Waals surface area contributed by atoms with E-state index in [-0.39, 0.29) is 17.8 Å². The van der Waals surface area contributed by atoms with Crippen molar-refractivity contribution < 1.29 is 14.3 Å². The number of nitrogens with two attached hydrogens (primary N) is 1. The van der Waals surface area contributed by atoms with E-state index in [1.807, 2.05) is 4.90 Å². The van der Waals surface area contributed by atoms with Crippen molar-refractivity contribution in [1.82, 2.24) is 4.90 Å². The van der Waals surface area contributed by atoms with E-state index in [9.17, 15) is 9.59 Å². The van der Waals surface area contributed by atoms with Crippen molar-refractivity contribution in [3.05, 3.63) is 0 Å². The smallest absolute Gasteiger partial charge is 0.320 e. The van der Waals surface area contributed by atoms with Crippen LogP contribution in [0.3, 0.4) is 0 Å². The molecular formula is C10H18N2O3. The number of primary amides is 1. The molecule has 0 aliphatic carbocycles. The second-order valence-corrected chi connectivity index (χ2v) is 3.76. The highest BCUT2D eigenvalue weighted by molar-refractivity contribution is 5.76. The highest BCUT2D eigenvalue weighted by Crippen LogP contribution is 2.16. The monoisotopic (exact) mass is 214 g/mol. The molecule has 0 spiro atoms. The third kappa shape index (κ3) is 3.87. The van der Waals surface area contributed by atoms with Crippen molar-refractivity contribution in [3.8, 4) is 0 Å². The Morgan fingerprint density at radius 3 is 2.47 bits per heavy atom. The molecule has 1 saturated heterocycles. The van der Waals surface area contributed by atoms with Crippen LogP contribution in [-0.4, -0.2) is 43.0 Å². The van der Waals surface area contributed by atoms with Gasteiger partial charge in [-0.3, -0.25) is 14.5 Å². The van der Waals surface area contributed by atoms with Gasteiger partial charge in [0.2, 0.25) is 5.91 Å². The van der Waals surface area contributed by atoms with E-state index in [1.54, 1.807) is 6.92 Å². The summed E-state index contributed by atoms with van der Waals surface area (Å²) >= 11 is 0. The molecule has 0 atom stereocenters. The molecule has 0 aromatic carbocycles. The number of likely N-dealkylation sites (tertiary alicyclic amines) is 1. The largest absolute Gasteiger partial charge is 0.465 e. The minimum absolute atomic E-state index is 0.0246. The fourth-order valence-corrected chi connectivity index (χ4v) is 1.76. The van der Waals surface area contributed by atoms with Gasteiger partial charge in [0.05, 0.1) is 13.2 Å². The molecule has 0 unspecified atom stereocenters. The number of rotatable bonds is 4. The Morgan fingerprint density at radius 1 is 1.40 bits per heavy atom. The SMILES string of the molecule is CCOC(=O)CN1CCC(C(N)=O)CC1. The standard InChI is InChI=1S/C10H18N2O3/c1-2-15-9(13)7-12-5-3-8(4-6-12)10(11)14/h8H,2-7H2,1H3,(H2,11,14). The number of ether oxygens (including phenoxy) is 1. The third-order valence-corrected chi connectivity index (χ3v) is 2.65. The molecule has 1 fully saturated rings. The van der Waals surface area contributed by atoms with Crippen molar-refractivity contribution in [3.63, 3.8) is 0 Å². The zero-order chi connectivity index (χ0) is 11.3. The third-order valence-electron chi connectivity index (χ3n) is 2.65. The van der Waals surface area contributed by atoms with Crippen molar-refractivity contribution in [2.45, 2.75) is 19.8 Å². The molecule has 5 heteroatoms. The van der Waals surface area contributed by atoms with Crippen LogP contribution >= 0.6 is 0 Å². The first kappa shape index (κ1) is 12.0. The lowest BCUT2D eigenvalue weighted by molar-refractivity contribution is -0.144. The van der Waals surface area contributed by atoms with Crippen LogP contribution in [0, 0.1) is 5.92 Å². The maximum Gasteiger partial charge on any atom is 0.320 e. The van der Waals surface area contributed by atoms with Crippen LogP contribution in [0.15, 0.2) is 0 Å². The number of carbonyl (C=O) groups excluding carboxylic acids is 2. The zero-order valence-electron chi connectivity index (χ0n) is 9.07. The lowest BCUT2D eigenvalue weighted by atomic mass is 9.96. The minimum atomic E-state index is -0.231. The van der Waals surface area contributed by atoms with E-state index in [0.717, 1.165) is 25.9 Å².